The van der Waals surface area contributed by atoms with Gasteiger partial charge in [-0.1, -0.05) is 6.92 Å². The molecule has 3 heterocycles. The van der Waals surface area contributed by atoms with Crippen molar-refractivity contribution in [3.8, 4) is 0 Å². The molecule has 0 N–H and O–H groups in total. The Bertz CT molecular complexity index is 298. The third kappa shape index (κ3) is 3.98. The van der Waals surface area contributed by atoms with Gasteiger partial charge in [0.25, 0.3) is 0 Å². The number of piperazine rings is 1. The summed E-state index contributed by atoms with van der Waals surface area (Å²) >= 11 is 0. The van der Waals surface area contributed by atoms with Crippen molar-refractivity contribution < 1.29 is 0 Å². The summed E-state index contributed by atoms with van der Waals surface area (Å²) in [5.74, 6) is 0. The van der Waals surface area contributed by atoms with E-state index in [1.54, 1.807) is 0 Å². The van der Waals surface area contributed by atoms with Gasteiger partial charge in [0, 0.05) is 38.3 Å². The molecule has 3 fully saturated rings. The Kier molecular flexibility index (Phi) is 5.54. The van der Waals surface area contributed by atoms with Gasteiger partial charge in [-0.2, -0.15) is 0 Å². The molecule has 0 aromatic heterocycles. The summed E-state index contributed by atoms with van der Waals surface area (Å²) in [6, 6.07) is 1.74. The maximum Gasteiger partial charge on any atom is 0.0121 e. The van der Waals surface area contributed by atoms with Gasteiger partial charge in [-0.3, -0.25) is 4.90 Å². The molecule has 3 aliphatic rings. The number of hydrogen-bond donors (Lipinski definition) is 0. The topological polar surface area (TPSA) is 13.0 Å². The maximum absolute atomic E-state index is 2.80. The van der Waals surface area contributed by atoms with E-state index in [0.717, 1.165) is 12.1 Å². The normalized spacial score (nSPS) is 30.0. The smallest absolute Gasteiger partial charge is 0.0121 e. The molecule has 4 heteroatoms. The molecule has 4 nitrogen and oxygen atoms in total. The zero-order valence-electron chi connectivity index (χ0n) is 14.1. The number of hydrogen-bond acceptors (Lipinski definition) is 4. The molecule has 3 saturated heterocycles. The Morgan fingerprint density at radius 2 is 1.14 bits per heavy atom. The van der Waals surface area contributed by atoms with Crippen LogP contribution in [0.4, 0.5) is 0 Å². The highest BCUT2D eigenvalue weighted by molar-refractivity contribution is 4.87. The predicted octanol–water partition coefficient (Wildman–Crippen LogP) is 1.18. The lowest BCUT2D eigenvalue weighted by Gasteiger charge is -2.45. The van der Waals surface area contributed by atoms with Crippen LogP contribution in [-0.2, 0) is 0 Å². The minimum atomic E-state index is 0.867. The van der Waals surface area contributed by atoms with Gasteiger partial charge in [-0.25, -0.2) is 0 Å². The van der Waals surface area contributed by atoms with Crippen molar-refractivity contribution in [1.29, 1.82) is 0 Å². The largest absolute Gasteiger partial charge is 0.306 e. The Labute approximate surface area is 131 Å². The molecular formula is C17H34N4. The van der Waals surface area contributed by atoms with Crippen molar-refractivity contribution in [2.45, 2.75) is 44.7 Å². The van der Waals surface area contributed by atoms with Crippen molar-refractivity contribution in [1.82, 2.24) is 19.6 Å². The van der Waals surface area contributed by atoms with Crippen LogP contribution in [0.15, 0.2) is 0 Å². The van der Waals surface area contributed by atoms with Crippen LogP contribution < -0.4 is 0 Å². The summed E-state index contributed by atoms with van der Waals surface area (Å²) in [6.45, 7) is 13.9. The molecule has 0 saturated carbocycles. The van der Waals surface area contributed by atoms with Gasteiger partial charge in [0.1, 0.15) is 0 Å². The molecule has 0 unspecified atom stereocenters. The van der Waals surface area contributed by atoms with Gasteiger partial charge >= 0.3 is 0 Å². The van der Waals surface area contributed by atoms with Crippen LogP contribution in [0.2, 0.25) is 0 Å². The molecule has 0 aromatic rings. The lowest BCUT2D eigenvalue weighted by Crippen LogP contribution is -2.54. The number of rotatable bonds is 3. The highest BCUT2D eigenvalue weighted by atomic mass is 15.3. The minimum Gasteiger partial charge on any atom is -0.306 e. The fourth-order valence-corrected chi connectivity index (χ4v) is 4.42. The van der Waals surface area contributed by atoms with Crippen LogP contribution in [0.3, 0.4) is 0 Å². The molecule has 0 amide bonds. The first-order valence-corrected chi connectivity index (χ1v) is 9.15. The van der Waals surface area contributed by atoms with Crippen LogP contribution in [0.1, 0.15) is 32.6 Å². The summed E-state index contributed by atoms with van der Waals surface area (Å²) in [7, 11) is 2.26. The highest BCUT2D eigenvalue weighted by Crippen LogP contribution is 2.23. The number of piperidine rings is 2. The second-order valence-electron chi connectivity index (χ2n) is 7.27. The molecule has 21 heavy (non-hydrogen) atoms. The first-order chi connectivity index (χ1) is 10.3. The highest BCUT2D eigenvalue weighted by Gasteiger charge is 2.30. The van der Waals surface area contributed by atoms with Crippen LogP contribution in [0, 0.1) is 0 Å². The molecule has 0 aromatic carbocycles. The summed E-state index contributed by atoms with van der Waals surface area (Å²) < 4.78 is 0. The van der Waals surface area contributed by atoms with Gasteiger partial charge in [-0.15, -0.1) is 0 Å². The molecule has 0 radical (unpaired) electrons. The molecule has 0 bridgehead atoms. The Hall–Kier alpha value is -0.160. The summed E-state index contributed by atoms with van der Waals surface area (Å²) in [6.07, 6.45) is 5.57. The predicted molar refractivity (Wildman–Crippen MR) is 88.8 cm³/mol. The quantitative estimate of drug-likeness (QED) is 0.775. The van der Waals surface area contributed by atoms with Crippen molar-refractivity contribution in [3.63, 3.8) is 0 Å². The first-order valence-electron chi connectivity index (χ1n) is 9.15. The second kappa shape index (κ2) is 7.40. The fourth-order valence-electron chi connectivity index (χ4n) is 4.42. The lowest BCUT2D eigenvalue weighted by atomic mass is 9.97. The lowest BCUT2D eigenvalue weighted by molar-refractivity contribution is 0.0368. The molecule has 3 aliphatic heterocycles. The van der Waals surface area contributed by atoms with Crippen LogP contribution in [0.25, 0.3) is 0 Å². The molecule has 122 valence electrons. The number of likely N-dealkylation sites (N-methyl/N-ethyl adjacent to an activating group) is 1. The Morgan fingerprint density at radius 3 is 1.67 bits per heavy atom. The van der Waals surface area contributed by atoms with Gasteiger partial charge in [0.2, 0.25) is 0 Å². The molecule has 3 rings (SSSR count). The maximum atomic E-state index is 2.80. The summed E-state index contributed by atoms with van der Waals surface area (Å²) in [4.78, 5) is 10.6. The van der Waals surface area contributed by atoms with E-state index >= 15 is 0 Å². The SMILES string of the molecule is CCN1CCN(C2CCN(C3CCN(C)CC3)CC2)CC1. The number of nitrogens with zero attached hydrogens (tertiary/aromatic N) is 4. The summed E-state index contributed by atoms with van der Waals surface area (Å²) in [5.41, 5.74) is 0. The van der Waals surface area contributed by atoms with Gasteiger partial charge in [-0.05, 0) is 65.5 Å². The standard InChI is InChI=1S/C17H34N4/c1-3-19-12-14-21(15-13-19)17-6-10-20(11-7-17)16-4-8-18(2)9-5-16/h16-17H,3-15H2,1-2H3. The molecule has 0 aliphatic carbocycles. The zero-order chi connectivity index (χ0) is 14.7. The van der Waals surface area contributed by atoms with E-state index in [2.05, 4.69) is 33.6 Å². The van der Waals surface area contributed by atoms with E-state index in [1.165, 1.54) is 84.6 Å². The van der Waals surface area contributed by atoms with Gasteiger partial charge in [0.05, 0.1) is 0 Å². The third-order valence-electron chi connectivity index (χ3n) is 6.07. The van der Waals surface area contributed by atoms with E-state index in [4.69, 9.17) is 0 Å². The molecule has 0 atom stereocenters. The second-order valence-corrected chi connectivity index (χ2v) is 7.27. The Balaban J connectivity index is 1.41. The van der Waals surface area contributed by atoms with E-state index in [1.807, 2.05) is 0 Å². The van der Waals surface area contributed by atoms with Crippen LogP contribution in [-0.4, -0.2) is 97.6 Å². The van der Waals surface area contributed by atoms with Crippen molar-refractivity contribution in [3.05, 3.63) is 0 Å². The van der Waals surface area contributed by atoms with E-state index in [9.17, 15) is 0 Å². The van der Waals surface area contributed by atoms with Crippen molar-refractivity contribution in [2.75, 3.05) is 66.0 Å². The molecule has 0 spiro atoms. The van der Waals surface area contributed by atoms with Crippen molar-refractivity contribution >= 4 is 0 Å². The van der Waals surface area contributed by atoms with Crippen LogP contribution in [0.5, 0.6) is 0 Å². The third-order valence-corrected chi connectivity index (χ3v) is 6.07. The average Bonchev–Trinajstić information content (AvgIpc) is 2.56. The zero-order valence-corrected chi connectivity index (χ0v) is 14.1. The summed E-state index contributed by atoms with van der Waals surface area (Å²) in [5, 5.41) is 0. The van der Waals surface area contributed by atoms with E-state index < -0.39 is 0 Å². The monoisotopic (exact) mass is 294 g/mol. The van der Waals surface area contributed by atoms with E-state index in [0.29, 0.717) is 0 Å². The van der Waals surface area contributed by atoms with Gasteiger partial charge < -0.3 is 14.7 Å². The molecular weight excluding hydrogens is 260 g/mol. The van der Waals surface area contributed by atoms with Gasteiger partial charge in [0.15, 0.2) is 0 Å². The minimum absolute atomic E-state index is 0.867. The number of likely N-dealkylation sites (tertiary alicyclic amines) is 2. The Morgan fingerprint density at radius 1 is 0.667 bits per heavy atom. The first kappa shape index (κ1) is 15.7. The van der Waals surface area contributed by atoms with Crippen molar-refractivity contribution in [2.24, 2.45) is 0 Å². The van der Waals surface area contributed by atoms with Crippen LogP contribution >= 0.6 is 0 Å². The average molecular weight is 294 g/mol. The van der Waals surface area contributed by atoms with E-state index in [-0.39, 0.29) is 0 Å². The fraction of sp³-hybridized carbons (Fsp3) is 1.00.